The Bertz CT molecular complexity index is 638. The zero-order valence-corrected chi connectivity index (χ0v) is 21.1. The fourth-order valence-corrected chi connectivity index (χ4v) is 2.99. The zero-order valence-electron chi connectivity index (χ0n) is 21.1. The summed E-state index contributed by atoms with van der Waals surface area (Å²) in [6.45, 7) is 11.2. The average molecular weight is 487 g/mol. The molecule has 0 unspecified atom stereocenters. The smallest absolute Gasteiger partial charge is 0.242 e. The molecule has 0 fully saturated rings. The van der Waals surface area contributed by atoms with Gasteiger partial charge in [-0.25, -0.2) is 0 Å². The van der Waals surface area contributed by atoms with Crippen LogP contribution < -0.4 is 26.6 Å². The van der Waals surface area contributed by atoms with E-state index in [1.165, 1.54) is 20.8 Å². The molecule has 5 amide bonds. The highest BCUT2D eigenvalue weighted by Gasteiger charge is 2.20. The summed E-state index contributed by atoms with van der Waals surface area (Å²) in [5.41, 5.74) is 0. The highest BCUT2D eigenvalue weighted by Crippen LogP contribution is 2.04. The largest absolute Gasteiger partial charge is 0.378 e. The lowest BCUT2D eigenvalue weighted by Gasteiger charge is -2.22. The van der Waals surface area contributed by atoms with E-state index in [-0.39, 0.29) is 55.2 Å². The summed E-state index contributed by atoms with van der Waals surface area (Å²) < 4.78 is 5.44. The minimum absolute atomic E-state index is 0.121. The van der Waals surface area contributed by atoms with E-state index >= 15 is 0 Å². The second-order valence-corrected chi connectivity index (χ2v) is 8.38. The monoisotopic (exact) mass is 486 g/mol. The van der Waals surface area contributed by atoms with Crippen molar-refractivity contribution < 1.29 is 28.7 Å². The number of carbonyl (C=O) groups is 5. The number of amides is 5. The number of rotatable bonds is 18. The Hall–Kier alpha value is -2.73. The first-order chi connectivity index (χ1) is 16.0. The van der Waals surface area contributed by atoms with Crippen molar-refractivity contribution in [2.75, 3.05) is 59.0 Å². The molecule has 5 N–H and O–H groups in total. The summed E-state index contributed by atoms with van der Waals surface area (Å²) in [6.07, 6.45) is 0.547. The molecule has 0 rings (SSSR count). The van der Waals surface area contributed by atoms with E-state index in [1.807, 2.05) is 18.7 Å². The molecule has 0 aliphatic rings. The van der Waals surface area contributed by atoms with Gasteiger partial charge in [0.15, 0.2) is 0 Å². The molecule has 0 heterocycles. The summed E-state index contributed by atoms with van der Waals surface area (Å²) in [5.74, 6) is -0.741. The predicted molar refractivity (Wildman–Crippen MR) is 128 cm³/mol. The summed E-state index contributed by atoms with van der Waals surface area (Å²) >= 11 is 0. The first-order valence-electron chi connectivity index (χ1n) is 11.6. The van der Waals surface area contributed by atoms with Gasteiger partial charge in [-0.3, -0.25) is 28.9 Å². The zero-order chi connectivity index (χ0) is 25.9. The Morgan fingerprint density at radius 2 is 1.26 bits per heavy atom. The molecule has 12 nitrogen and oxygen atoms in total. The van der Waals surface area contributed by atoms with Crippen LogP contribution in [0.15, 0.2) is 0 Å². The van der Waals surface area contributed by atoms with E-state index in [0.29, 0.717) is 45.7 Å². The van der Waals surface area contributed by atoms with Gasteiger partial charge in [-0.15, -0.1) is 0 Å². The van der Waals surface area contributed by atoms with Gasteiger partial charge < -0.3 is 31.3 Å². The standard InChI is InChI=1S/C22H42N6O6/c1-16(2)14-20(27-19(5)31)22(33)26-9-13-34-12-8-25-21(32)15-28(10-6-23-17(3)29)11-7-24-18(4)30/h16,20H,6-15H2,1-5H3,(H,23,29)(H,24,30)(H,25,32)(H,26,33)(H,27,31)/t20-/m0/s1. The second kappa shape index (κ2) is 18.7. The van der Waals surface area contributed by atoms with E-state index in [0.717, 1.165) is 0 Å². The number of hydrogen-bond donors (Lipinski definition) is 5. The highest BCUT2D eigenvalue weighted by molar-refractivity contribution is 5.86. The third-order valence-corrected chi connectivity index (χ3v) is 4.49. The Balaban J connectivity index is 4.15. The lowest BCUT2D eigenvalue weighted by molar-refractivity contribution is -0.128. The Kier molecular flexibility index (Phi) is 17.2. The third-order valence-electron chi connectivity index (χ3n) is 4.49. The summed E-state index contributed by atoms with van der Waals surface area (Å²) in [6, 6.07) is -0.573. The minimum Gasteiger partial charge on any atom is -0.378 e. The van der Waals surface area contributed by atoms with Gasteiger partial charge >= 0.3 is 0 Å². The molecule has 196 valence electrons. The van der Waals surface area contributed by atoms with Crippen LogP contribution in [0.4, 0.5) is 0 Å². The molecule has 0 saturated heterocycles. The summed E-state index contributed by atoms with van der Waals surface area (Å²) in [4.78, 5) is 59.6. The van der Waals surface area contributed by atoms with Crippen molar-refractivity contribution in [2.45, 2.75) is 47.1 Å². The van der Waals surface area contributed by atoms with Crippen LogP contribution in [0.2, 0.25) is 0 Å². The quantitative estimate of drug-likeness (QED) is 0.145. The molecule has 0 aliphatic heterocycles. The lowest BCUT2D eigenvalue weighted by atomic mass is 10.0. The van der Waals surface area contributed by atoms with Gasteiger partial charge in [0.2, 0.25) is 29.5 Å². The van der Waals surface area contributed by atoms with E-state index in [1.54, 1.807) is 0 Å². The lowest BCUT2D eigenvalue weighted by Crippen LogP contribution is -2.47. The van der Waals surface area contributed by atoms with Crippen LogP contribution in [0.5, 0.6) is 0 Å². The first-order valence-corrected chi connectivity index (χ1v) is 11.6. The molecule has 0 bridgehead atoms. The number of hydrogen-bond acceptors (Lipinski definition) is 7. The van der Waals surface area contributed by atoms with Gasteiger partial charge in [0.05, 0.1) is 19.8 Å². The Morgan fingerprint density at radius 3 is 1.74 bits per heavy atom. The Labute approximate surface area is 202 Å². The number of nitrogens with one attached hydrogen (secondary N) is 5. The van der Waals surface area contributed by atoms with E-state index in [9.17, 15) is 24.0 Å². The maximum atomic E-state index is 12.2. The van der Waals surface area contributed by atoms with Crippen LogP contribution in [0.1, 0.15) is 41.0 Å². The molecule has 12 heteroatoms. The topological polar surface area (TPSA) is 158 Å². The van der Waals surface area contributed by atoms with E-state index < -0.39 is 6.04 Å². The van der Waals surface area contributed by atoms with Crippen molar-refractivity contribution in [3.63, 3.8) is 0 Å². The molecule has 0 aromatic rings. The van der Waals surface area contributed by atoms with Gasteiger partial charge in [-0.2, -0.15) is 0 Å². The average Bonchev–Trinajstić information content (AvgIpc) is 2.71. The van der Waals surface area contributed by atoms with E-state index in [2.05, 4.69) is 26.6 Å². The van der Waals surface area contributed by atoms with Gasteiger partial charge in [0.1, 0.15) is 6.04 Å². The summed E-state index contributed by atoms with van der Waals surface area (Å²) in [5, 5.41) is 13.5. The third kappa shape index (κ3) is 18.8. The van der Waals surface area contributed by atoms with Gasteiger partial charge in [-0.05, 0) is 12.3 Å². The van der Waals surface area contributed by atoms with Gasteiger partial charge in [0.25, 0.3) is 0 Å². The SMILES string of the molecule is CC(=O)NCCN(CCNC(C)=O)CC(=O)NCCOCCNC(=O)[C@H](CC(C)C)NC(C)=O. The van der Waals surface area contributed by atoms with Crippen LogP contribution >= 0.6 is 0 Å². The fourth-order valence-electron chi connectivity index (χ4n) is 2.99. The van der Waals surface area contributed by atoms with Crippen molar-refractivity contribution in [3.05, 3.63) is 0 Å². The Morgan fingerprint density at radius 1 is 0.735 bits per heavy atom. The summed E-state index contributed by atoms with van der Waals surface area (Å²) in [7, 11) is 0. The molecule has 0 radical (unpaired) electrons. The molecule has 0 spiro atoms. The maximum Gasteiger partial charge on any atom is 0.242 e. The molecular formula is C22H42N6O6. The van der Waals surface area contributed by atoms with Crippen molar-refractivity contribution in [1.29, 1.82) is 0 Å². The van der Waals surface area contributed by atoms with Crippen LogP contribution in [0.25, 0.3) is 0 Å². The van der Waals surface area contributed by atoms with Crippen molar-refractivity contribution in [1.82, 2.24) is 31.5 Å². The normalized spacial score (nSPS) is 11.6. The van der Waals surface area contributed by atoms with Crippen molar-refractivity contribution in [3.8, 4) is 0 Å². The van der Waals surface area contributed by atoms with Gasteiger partial charge in [0, 0.05) is 60.0 Å². The molecule has 0 aliphatic carbocycles. The molecule has 0 aromatic carbocycles. The number of ether oxygens (including phenoxy) is 1. The first kappa shape index (κ1) is 31.3. The predicted octanol–water partition coefficient (Wildman–Crippen LogP) is -1.64. The van der Waals surface area contributed by atoms with Crippen LogP contribution in [0, 0.1) is 5.92 Å². The highest BCUT2D eigenvalue weighted by atomic mass is 16.5. The van der Waals surface area contributed by atoms with Crippen molar-refractivity contribution in [2.24, 2.45) is 5.92 Å². The maximum absolute atomic E-state index is 12.2. The molecule has 1 atom stereocenters. The molecule has 0 aromatic heterocycles. The number of nitrogens with zero attached hydrogens (tertiary/aromatic N) is 1. The van der Waals surface area contributed by atoms with Gasteiger partial charge in [-0.1, -0.05) is 13.8 Å². The second-order valence-electron chi connectivity index (χ2n) is 8.38. The van der Waals surface area contributed by atoms with Crippen LogP contribution in [0.3, 0.4) is 0 Å². The molecule has 0 saturated carbocycles. The molecule has 34 heavy (non-hydrogen) atoms. The molecular weight excluding hydrogens is 444 g/mol. The van der Waals surface area contributed by atoms with Crippen LogP contribution in [-0.2, 0) is 28.7 Å². The fraction of sp³-hybridized carbons (Fsp3) is 0.773. The van der Waals surface area contributed by atoms with Crippen molar-refractivity contribution >= 4 is 29.5 Å². The van der Waals surface area contributed by atoms with Crippen LogP contribution in [-0.4, -0.2) is 99.5 Å². The minimum atomic E-state index is -0.573. The number of carbonyl (C=O) groups excluding carboxylic acids is 5. The van der Waals surface area contributed by atoms with E-state index in [4.69, 9.17) is 4.74 Å².